The van der Waals surface area contributed by atoms with Crippen LogP contribution in [0.4, 0.5) is 0 Å². The standard InChI is InChI=1S/C11H17NS/c1-3-11(2,13)12-9-10-7-5-4-6-8-10/h4-8,12-13H,3,9H2,1-2H3. The van der Waals surface area contributed by atoms with Crippen LogP contribution in [0.25, 0.3) is 0 Å². The molecular weight excluding hydrogens is 178 g/mol. The van der Waals surface area contributed by atoms with Crippen LogP contribution in [0.1, 0.15) is 25.8 Å². The molecule has 0 aliphatic carbocycles. The van der Waals surface area contributed by atoms with Crippen molar-refractivity contribution in [1.29, 1.82) is 0 Å². The second kappa shape index (κ2) is 4.68. The normalized spacial score (nSPS) is 15.3. The average molecular weight is 195 g/mol. The number of rotatable bonds is 4. The molecule has 0 saturated carbocycles. The van der Waals surface area contributed by atoms with Gasteiger partial charge < -0.3 is 0 Å². The number of thiol groups is 1. The van der Waals surface area contributed by atoms with E-state index in [0.717, 1.165) is 13.0 Å². The summed E-state index contributed by atoms with van der Waals surface area (Å²) in [7, 11) is 0. The number of hydrogen-bond donors (Lipinski definition) is 2. The molecule has 1 aromatic rings. The zero-order valence-electron chi connectivity index (χ0n) is 8.25. The predicted octanol–water partition coefficient (Wildman–Crippen LogP) is 2.83. The lowest BCUT2D eigenvalue weighted by molar-refractivity contribution is 0.491. The Morgan fingerprint density at radius 3 is 2.46 bits per heavy atom. The van der Waals surface area contributed by atoms with Crippen LogP contribution >= 0.6 is 12.6 Å². The van der Waals surface area contributed by atoms with E-state index < -0.39 is 0 Å². The Labute approximate surface area is 86.0 Å². The molecule has 13 heavy (non-hydrogen) atoms. The SMILES string of the molecule is CCC(C)(S)NCc1ccccc1. The third kappa shape index (κ3) is 3.83. The third-order valence-corrected chi connectivity index (χ3v) is 2.68. The Kier molecular flexibility index (Phi) is 3.82. The topological polar surface area (TPSA) is 12.0 Å². The summed E-state index contributed by atoms with van der Waals surface area (Å²) in [6, 6.07) is 10.4. The molecule has 72 valence electrons. The van der Waals surface area contributed by atoms with Crippen molar-refractivity contribution < 1.29 is 0 Å². The molecule has 0 spiro atoms. The Hall–Kier alpha value is -0.470. The smallest absolute Gasteiger partial charge is 0.0587 e. The van der Waals surface area contributed by atoms with Gasteiger partial charge in [-0.3, -0.25) is 5.32 Å². The van der Waals surface area contributed by atoms with Crippen molar-refractivity contribution in [3.05, 3.63) is 35.9 Å². The van der Waals surface area contributed by atoms with E-state index in [1.165, 1.54) is 5.56 Å². The maximum Gasteiger partial charge on any atom is 0.0587 e. The first-order valence-electron chi connectivity index (χ1n) is 4.65. The summed E-state index contributed by atoms with van der Waals surface area (Å²) in [5.41, 5.74) is 1.30. The van der Waals surface area contributed by atoms with Gasteiger partial charge in [0.2, 0.25) is 0 Å². The summed E-state index contributed by atoms with van der Waals surface area (Å²) < 4.78 is 0. The van der Waals surface area contributed by atoms with Crippen molar-refractivity contribution in [2.45, 2.75) is 31.7 Å². The van der Waals surface area contributed by atoms with E-state index in [1.54, 1.807) is 0 Å². The van der Waals surface area contributed by atoms with Gasteiger partial charge in [0.15, 0.2) is 0 Å². The van der Waals surface area contributed by atoms with Gasteiger partial charge in [-0.2, -0.15) is 12.6 Å². The first kappa shape index (κ1) is 10.6. The van der Waals surface area contributed by atoms with E-state index in [2.05, 4.69) is 56.1 Å². The largest absolute Gasteiger partial charge is 0.299 e. The van der Waals surface area contributed by atoms with Crippen LogP contribution in [0.15, 0.2) is 30.3 Å². The van der Waals surface area contributed by atoms with Gasteiger partial charge in [-0.25, -0.2) is 0 Å². The van der Waals surface area contributed by atoms with Crippen LogP contribution in [-0.4, -0.2) is 4.87 Å². The molecule has 1 nitrogen and oxygen atoms in total. The predicted molar refractivity (Wildman–Crippen MR) is 61.0 cm³/mol. The van der Waals surface area contributed by atoms with Gasteiger partial charge in [-0.15, -0.1) is 0 Å². The quantitative estimate of drug-likeness (QED) is 0.556. The van der Waals surface area contributed by atoms with Gasteiger partial charge in [0.1, 0.15) is 0 Å². The Morgan fingerprint density at radius 1 is 1.31 bits per heavy atom. The monoisotopic (exact) mass is 195 g/mol. The van der Waals surface area contributed by atoms with Crippen LogP contribution in [-0.2, 0) is 6.54 Å². The molecule has 0 fully saturated rings. The number of nitrogens with one attached hydrogen (secondary N) is 1. The highest BCUT2D eigenvalue weighted by molar-refractivity contribution is 7.81. The molecule has 0 aliphatic heterocycles. The first-order chi connectivity index (χ1) is 6.14. The van der Waals surface area contributed by atoms with Gasteiger partial charge in [-0.1, -0.05) is 37.3 Å². The molecule has 0 aliphatic rings. The molecule has 2 heteroatoms. The minimum Gasteiger partial charge on any atom is -0.299 e. The average Bonchev–Trinajstić information content (AvgIpc) is 2.17. The summed E-state index contributed by atoms with van der Waals surface area (Å²) in [5.74, 6) is 0. The highest BCUT2D eigenvalue weighted by atomic mass is 32.1. The van der Waals surface area contributed by atoms with Crippen molar-refractivity contribution in [2.75, 3.05) is 0 Å². The highest BCUT2D eigenvalue weighted by Gasteiger charge is 2.13. The van der Waals surface area contributed by atoms with Gasteiger partial charge in [-0.05, 0) is 18.9 Å². The maximum absolute atomic E-state index is 4.51. The fraction of sp³-hybridized carbons (Fsp3) is 0.455. The lowest BCUT2D eigenvalue weighted by atomic mass is 10.2. The van der Waals surface area contributed by atoms with Crippen LogP contribution in [0.5, 0.6) is 0 Å². The van der Waals surface area contributed by atoms with E-state index in [0.29, 0.717) is 0 Å². The zero-order valence-corrected chi connectivity index (χ0v) is 9.14. The Morgan fingerprint density at radius 2 is 1.92 bits per heavy atom. The summed E-state index contributed by atoms with van der Waals surface area (Å²) in [5, 5.41) is 3.39. The van der Waals surface area contributed by atoms with Gasteiger partial charge in [0.05, 0.1) is 4.87 Å². The van der Waals surface area contributed by atoms with E-state index in [4.69, 9.17) is 0 Å². The van der Waals surface area contributed by atoms with Crippen molar-refractivity contribution >= 4 is 12.6 Å². The molecule has 1 rings (SSSR count). The molecular formula is C11H17NS. The van der Waals surface area contributed by atoms with E-state index in [1.807, 2.05) is 6.07 Å². The van der Waals surface area contributed by atoms with Crippen LogP contribution < -0.4 is 5.32 Å². The molecule has 0 bridgehead atoms. The molecule has 1 aromatic carbocycles. The highest BCUT2D eigenvalue weighted by Crippen LogP contribution is 2.14. The molecule has 1 unspecified atom stereocenters. The lowest BCUT2D eigenvalue weighted by Gasteiger charge is -2.23. The second-order valence-corrected chi connectivity index (χ2v) is 4.45. The minimum atomic E-state index is -0.0597. The van der Waals surface area contributed by atoms with E-state index >= 15 is 0 Å². The van der Waals surface area contributed by atoms with Gasteiger partial charge in [0, 0.05) is 6.54 Å². The Balaban J connectivity index is 2.44. The molecule has 1 atom stereocenters. The van der Waals surface area contributed by atoms with Gasteiger partial charge >= 0.3 is 0 Å². The van der Waals surface area contributed by atoms with Gasteiger partial charge in [0.25, 0.3) is 0 Å². The van der Waals surface area contributed by atoms with Crippen LogP contribution in [0, 0.1) is 0 Å². The molecule has 0 radical (unpaired) electrons. The summed E-state index contributed by atoms with van der Waals surface area (Å²) in [6.07, 6.45) is 1.02. The summed E-state index contributed by atoms with van der Waals surface area (Å²) in [6.45, 7) is 5.11. The van der Waals surface area contributed by atoms with Crippen molar-refractivity contribution in [1.82, 2.24) is 5.32 Å². The van der Waals surface area contributed by atoms with Crippen molar-refractivity contribution in [3.8, 4) is 0 Å². The Bertz CT molecular complexity index is 244. The molecule has 0 saturated heterocycles. The van der Waals surface area contributed by atoms with Crippen LogP contribution in [0.2, 0.25) is 0 Å². The molecule has 0 heterocycles. The van der Waals surface area contributed by atoms with Crippen molar-refractivity contribution in [2.24, 2.45) is 0 Å². The fourth-order valence-electron chi connectivity index (χ4n) is 1.01. The van der Waals surface area contributed by atoms with Crippen LogP contribution in [0.3, 0.4) is 0 Å². The zero-order chi connectivity index (χ0) is 9.73. The lowest BCUT2D eigenvalue weighted by Crippen LogP contribution is -2.35. The first-order valence-corrected chi connectivity index (χ1v) is 5.10. The molecule has 1 N–H and O–H groups in total. The summed E-state index contributed by atoms with van der Waals surface area (Å²) in [4.78, 5) is -0.0597. The fourth-order valence-corrected chi connectivity index (χ4v) is 1.09. The maximum atomic E-state index is 4.51. The van der Waals surface area contributed by atoms with Crippen molar-refractivity contribution in [3.63, 3.8) is 0 Å². The third-order valence-electron chi connectivity index (χ3n) is 2.20. The summed E-state index contributed by atoms with van der Waals surface area (Å²) >= 11 is 4.51. The minimum absolute atomic E-state index is 0.0597. The number of benzene rings is 1. The van der Waals surface area contributed by atoms with E-state index in [-0.39, 0.29) is 4.87 Å². The molecule has 0 amide bonds. The van der Waals surface area contributed by atoms with E-state index in [9.17, 15) is 0 Å². The molecule has 0 aromatic heterocycles. The second-order valence-electron chi connectivity index (χ2n) is 3.47. The number of hydrogen-bond acceptors (Lipinski definition) is 2.